The van der Waals surface area contributed by atoms with Gasteiger partial charge < -0.3 is 20.3 Å². The molecule has 0 fully saturated rings. The van der Waals surface area contributed by atoms with Crippen LogP contribution in [-0.4, -0.2) is 47.4 Å². The zero-order chi connectivity index (χ0) is 47.2. The predicted molar refractivity (Wildman–Crippen MR) is 282 cm³/mol. The Hall–Kier alpha value is -2.18. The molecule has 6 nitrogen and oxygen atoms in total. The summed E-state index contributed by atoms with van der Waals surface area (Å²) < 4.78 is 5.46. The number of hydrogen-bond donors (Lipinski definition) is 3. The Kier molecular flexibility index (Phi) is 52.6. The molecule has 2 unspecified atom stereocenters. The van der Waals surface area contributed by atoms with Crippen molar-refractivity contribution in [2.24, 2.45) is 0 Å². The summed E-state index contributed by atoms with van der Waals surface area (Å²) in [4.78, 5) is 24.5. The van der Waals surface area contributed by atoms with E-state index in [2.05, 4.69) is 55.6 Å². The summed E-state index contributed by atoms with van der Waals surface area (Å²) in [5, 5.41) is 23.1. The highest BCUT2D eigenvalue weighted by molar-refractivity contribution is 5.76. The molecule has 65 heavy (non-hydrogen) atoms. The molecule has 0 spiro atoms. The third-order valence-corrected chi connectivity index (χ3v) is 12.8. The van der Waals surface area contributed by atoms with E-state index in [1.807, 2.05) is 6.08 Å². The fraction of sp³-hybridized carbons (Fsp3) is 0.831. The Morgan fingerprint density at radius 2 is 0.769 bits per heavy atom. The number of amides is 1. The van der Waals surface area contributed by atoms with Crippen LogP contribution in [0.1, 0.15) is 290 Å². The molecule has 0 saturated carbocycles. The van der Waals surface area contributed by atoms with Crippen molar-refractivity contribution in [1.82, 2.24) is 5.32 Å². The molecule has 6 heteroatoms. The molecule has 1 amide bonds. The van der Waals surface area contributed by atoms with Crippen LogP contribution in [0.25, 0.3) is 0 Å². The highest BCUT2D eigenvalue weighted by Crippen LogP contribution is 2.15. The van der Waals surface area contributed by atoms with Crippen molar-refractivity contribution >= 4 is 11.9 Å². The maximum Gasteiger partial charge on any atom is 0.305 e. The minimum atomic E-state index is -0.853. The molecule has 0 heterocycles. The molecule has 0 aromatic rings. The number of carbonyl (C=O) groups excluding carboxylic acids is 2. The van der Waals surface area contributed by atoms with Crippen molar-refractivity contribution in [2.75, 3.05) is 13.2 Å². The summed E-state index contributed by atoms with van der Waals surface area (Å²) in [5.74, 6) is -0.0975. The first kappa shape index (κ1) is 62.8. The Balaban J connectivity index is 3.50. The average Bonchev–Trinajstić information content (AvgIpc) is 3.31. The van der Waals surface area contributed by atoms with Gasteiger partial charge in [-0.25, -0.2) is 0 Å². The molecular weight excluding hydrogens is 803 g/mol. The monoisotopic (exact) mass is 912 g/mol. The lowest BCUT2D eigenvalue weighted by Crippen LogP contribution is -2.45. The first-order chi connectivity index (χ1) is 32.0. The first-order valence-corrected chi connectivity index (χ1v) is 28.4. The Morgan fingerprint density at radius 1 is 0.431 bits per heavy atom. The van der Waals surface area contributed by atoms with Crippen molar-refractivity contribution in [3.05, 3.63) is 48.6 Å². The molecule has 0 aliphatic heterocycles. The first-order valence-electron chi connectivity index (χ1n) is 28.4. The fourth-order valence-electron chi connectivity index (χ4n) is 8.42. The van der Waals surface area contributed by atoms with Crippen LogP contribution in [0.5, 0.6) is 0 Å². The molecule has 0 saturated heterocycles. The lowest BCUT2D eigenvalue weighted by molar-refractivity contribution is -0.143. The number of nitrogens with one attached hydrogen (secondary N) is 1. The van der Waals surface area contributed by atoms with Crippen LogP contribution in [0.3, 0.4) is 0 Å². The fourth-order valence-corrected chi connectivity index (χ4v) is 8.42. The van der Waals surface area contributed by atoms with E-state index in [9.17, 15) is 19.8 Å². The second-order valence-electron chi connectivity index (χ2n) is 19.3. The van der Waals surface area contributed by atoms with Gasteiger partial charge in [-0.3, -0.25) is 9.59 Å². The quantitative estimate of drug-likeness (QED) is 0.0321. The largest absolute Gasteiger partial charge is 0.466 e. The molecule has 0 aliphatic carbocycles. The van der Waals surface area contributed by atoms with Crippen LogP contribution in [0, 0.1) is 0 Å². The van der Waals surface area contributed by atoms with Crippen LogP contribution < -0.4 is 5.32 Å². The molecule has 3 N–H and O–H groups in total. The van der Waals surface area contributed by atoms with E-state index in [1.54, 1.807) is 6.08 Å². The average molecular weight is 913 g/mol. The molecule has 0 aromatic carbocycles. The topological polar surface area (TPSA) is 95.9 Å². The number of carbonyl (C=O) groups is 2. The van der Waals surface area contributed by atoms with Gasteiger partial charge >= 0.3 is 5.97 Å². The van der Waals surface area contributed by atoms with E-state index >= 15 is 0 Å². The minimum absolute atomic E-state index is 0.0168. The van der Waals surface area contributed by atoms with Crippen LogP contribution >= 0.6 is 0 Å². The Labute approximate surface area is 404 Å². The van der Waals surface area contributed by atoms with Crippen LogP contribution in [0.15, 0.2) is 48.6 Å². The Bertz CT molecular complexity index is 1100. The van der Waals surface area contributed by atoms with E-state index in [4.69, 9.17) is 4.74 Å². The van der Waals surface area contributed by atoms with Crippen molar-refractivity contribution in [3.8, 4) is 0 Å². The third kappa shape index (κ3) is 51.1. The van der Waals surface area contributed by atoms with Gasteiger partial charge in [0.2, 0.25) is 5.91 Å². The number of rotatable bonds is 52. The van der Waals surface area contributed by atoms with Crippen molar-refractivity contribution < 1.29 is 24.5 Å². The zero-order valence-electron chi connectivity index (χ0n) is 43.2. The molecule has 0 rings (SSSR count). The van der Waals surface area contributed by atoms with Gasteiger partial charge in [0.05, 0.1) is 25.4 Å². The van der Waals surface area contributed by atoms with Crippen molar-refractivity contribution in [2.45, 2.75) is 302 Å². The predicted octanol–water partition coefficient (Wildman–Crippen LogP) is 17.4. The number of aliphatic hydroxyl groups excluding tert-OH is 2. The maximum atomic E-state index is 12.4. The summed E-state index contributed by atoms with van der Waals surface area (Å²) in [6.45, 7) is 4.86. The van der Waals surface area contributed by atoms with Crippen molar-refractivity contribution in [1.29, 1.82) is 0 Å². The Morgan fingerprint density at radius 3 is 1.20 bits per heavy atom. The van der Waals surface area contributed by atoms with Gasteiger partial charge in [-0.15, -0.1) is 0 Å². The smallest absolute Gasteiger partial charge is 0.305 e. The summed E-state index contributed by atoms with van der Waals surface area (Å²) in [6.07, 6.45) is 68.3. The van der Waals surface area contributed by atoms with Crippen LogP contribution in [-0.2, 0) is 14.3 Å². The lowest BCUT2D eigenvalue weighted by Gasteiger charge is -2.20. The van der Waals surface area contributed by atoms with Gasteiger partial charge in [-0.2, -0.15) is 0 Å². The molecule has 0 aromatic heterocycles. The van der Waals surface area contributed by atoms with Gasteiger partial charge in [0.1, 0.15) is 0 Å². The highest BCUT2D eigenvalue weighted by Gasteiger charge is 2.18. The van der Waals surface area contributed by atoms with Gasteiger partial charge in [-0.05, 0) is 89.9 Å². The summed E-state index contributed by atoms with van der Waals surface area (Å²) in [5.41, 5.74) is 0. The molecule has 0 radical (unpaired) electrons. The molecule has 2 atom stereocenters. The molecule has 380 valence electrons. The van der Waals surface area contributed by atoms with Gasteiger partial charge in [0.15, 0.2) is 0 Å². The van der Waals surface area contributed by atoms with E-state index in [0.717, 1.165) is 64.2 Å². The highest BCUT2D eigenvalue weighted by atomic mass is 16.5. The number of aliphatic hydroxyl groups is 2. The summed E-state index contributed by atoms with van der Waals surface area (Å²) >= 11 is 0. The number of unbranched alkanes of at least 4 members (excludes halogenated alkanes) is 35. The van der Waals surface area contributed by atoms with Gasteiger partial charge in [0.25, 0.3) is 0 Å². The SMILES string of the molecule is CCCCCC/C=C\C/C=C\CCCCCCCC(=O)OCCCCCCCC/C=C\CCCCCCCCCC(=O)NC(CO)C(O)/C=C/CCCCCCCCCCCCCCC. The summed E-state index contributed by atoms with van der Waals surface area (Å²) in [6, 6.07) is -0.638. The number of hydrogen-bond acceptors (Lipinski definition) is 5. The zero-order valence-corrected chi connectivity index (χ0v) is 43.2. The minimum Gasteiger partial charge on any atom is -0.466 e. The van der Waals surface area contributed by atoms with Crippen LogP contribution in [0.2, 0.25) is 0 Å². The second-order valence-corrected chi connectivity index (χ2v) is 19.3. The normalized spacial score (nSPS) is 13.0. The number of allylic oxidation sites excluding steroid dienone is 7. The number of ether oxygens (including phenoxy) is 1. The van der Waals surface area contributed by atoms with Crippen LogP contribution in [0.4, 0.5) is 0 Å². The third-order valence-electron chi connectivity index (χ3n) is 12.8. The molecular formula is C59H109NO5. The number of esters is 1. The van der Waals surface area contributed by atoms with E-state index < -0.39 is 12.1 Å². The van der Waals surface area contributed by atoms with Crippen molar-refractivity contribution in [3.63, 3.8) is 0 Å². The van der Waals surface area contributed by atoms with Gasteiger partial charge in [-0.1, -0.05) is 236 Å². The molecule has 0 bridgehead atoms. The van der Waals surface area contributed by atoms with Gasteiger partial charge in [0, 0.05) is 12.8 Å². The maximum absolute atomic E-state index is 12.4. The van der Waals surface area contributed by atoms with E-state index in [1.165, 1.54) is 199 Å². The second kappa shape index (κ2) is 54.4. The summed E-state index contributed by atoms with van der Waals surface area (Å²) in [7, 11) is 0. The van der Waals surface area contributed by atoms with E-state index in [-0.39, 0.29) is 18.5 Å². The van der Waals surface area contributed by atoms with E-state index in [0.29, 0.717) is 19.4 Å². The lowest BCUT2D eigenvalue weighted by atomic mass is 10.0. The molecule has 0 aliphatic rings. The standard InChI is InChI=1S/C59H109NO5/c1-3-5-7-9-11-13-15-17-19-25-29-33-37-41-45-49-53-59(64)65-54-50-46-42-38-34-30-26-22-20-21-24-28-32-36-40-44-48-52-58(63)60-56(55-61)57(62)51-47-43-39-35-31-27-23-18-16-14-12-10-8-6-4-2/h13,15,19-20,22,25,47,51,56-57,61-62H,3-12,14,16-18,21,23-24,26-46,48-50,52-55H2,1-2H3,(H,60,63)/b15-13-,22-20-,25-19-,51-47+.